The summed E-state index contributed by atoms with van der Waals surface area (Å²) in [6, 6.07) is 5.09. The van der Waals surface area contributed by atoms with Crippen molar-refractivity contribution in [3.05, 3.63) is 35.4 Å². The molecule has 4 nitrogen and oxygen atoms in total. The Labute approximate surface area is 87.4 Å². The second-order valence-electron chi connectivity index (χ2n) is 2.91. The predicted octanol–water partition coefficient (Wildman–Crippen LogP) is 1.29. The zero-order valence-corrected chi connectivity index (χ0v) is 8.30. The molecule has 1 rings (SSSR count). The van der Waals surface area contributed by atoms with Gasteiger partial charge in [-0.05, 0) is 23.8 Å². The number of aliphatic carboxylic acids is 1. The number of hydrogen-bond acceptors (Lipinski definition) is 3. The molecule has 1 aromatic carbocycles. The molecule has 0 aliphatic carbocycles. The number of aliphatic hydroxyl groups is 1. The van der Waals surface area contributed by atoms with Crippen LogP contribution in [0.25, 0.3) is 6.08 Å². The van der Waals surface area contributed by atoms with Crippen LogP contribution >= 0.6 is 0 Å². The Morgan fingerprint density at radius 3 is 2.80 bits per heavy atom. The van der Waals surface area contributed by atoms with Gasteiger partial charge >= 0.3 is 5.97 Å². The van der Waals surface area contributed by atoms with Gasteiger partial charge in [0, 0.05) is 11.6 Å². The van der Waals surface area contributed by atoms with Crippen LogP contribution < -0.4 is 4.74 Å². The highest BCUT2D eigenvalue weighted by atomic mass is 16.5. The highest BCUT2D eigenvalue weighted by molar-refractivity contribution is 5.85. The van der Waals surface area contributed by atoms with Gasteiger partial charge in [-0.1, -0.05) is 6.07 Å². The SMILES string of the molecule is COc1ccc(CO)cc1/C=C/C(=O)O. The number of benzene rings is 1. The van der Waals surface area contributed by atoms with E-state index in [1.54, 1.807) is 18.2 Å². The second kappa shape index (κ2) is 5.17. The Hall–Kier alpha value is -1.81. The van der Waals surface area contributed by atoms with Gasteiger partial charge in [-0.25, -0.2) is 4.79 Å². The van der Waals surface area contributed by atoms with Crippen LogP contribution in [0.4, 0.5) is 0 Å². The molecule has 0 bridgehead atoms. The Balaban J connectivity index is 3.06. The number of carboxylic acids is 1. The smallest absolute Gasteiger partial charge is 0.328 e. The molecule has 4 heteroatoms. The molecule has 0 amide bonds. The van der Waals surface area contributed by atoms with Crippen molar-refractivity contribution in [2.45, 2.75) is 6.61 Å². The van der Waals surface area contributed by atoms with Crippen molar-refractivity contribution in [3.8, 4) is 5.75 Å². The van der Waals surface area contributed by atoms with E-state index in [0.717, 1.165) is 6.08 Å². The zero-order chi connectivity index (χ0) is 11.3. The Morgan fingerprint density at radius 1 is 1.53 bits per heavy atom. The van der Waals surface area contributed by atoms with Gasteiger partial charge in [0.15, 0.2) is 0 Å². The van der Waals surface area contributed by atoms with Crippen LogP contribution in [-0.4, -0.2) is 23.3 Å². The van der Waals surface area contributed by atoms with Gasteiger partial charge in [0.2, 0.25) is 0 Å². The van der Waals surface area contributed by atoms with E-state index in [4.69, 9.17) is 14.9 Å². The Kier molecular flexibility index (Phi) is 3.88. The normalized spacial score (nSPS) is 10.5. The summed E-state index contributed by atoms with van der Waals surface area (Å²) >= 11 is 0. The van der Waals surface area contributed by atoms with Gasteiger partial charge in [0.25, 0.3) is 0 Å². The van der Waals surface area contributed by atoms with Crippen molar-refractivity contribution in [1.82, 2.24) is 0 Å². The van der Waals surface area contributed by atoms with Gasteiger partial charge in [-0.2, -0.15) is 0 Å². The highest BCUT2D eigenvalue weighted by Gasteiger charge is 2.01. The second-order valence-corrected chi connectivity index (χ2v) is 2.91. The molecule has 0 aliphatic rings. The maximum Gasteiger partial charge on any atom is 0.328 e. The molecule has 1 aromatic rings. The molecule has 0 fully saturated rings. The van der Waals surface area contributed by atoms with E-state index in [1.807, 2.05) is 0 Å². The van der Waals surface area contributed by atoms with Gasteiger partial charge in [0.1, 0.15) is 5.75 Å². The summed E-state index contributed by atoms with van der Waals surface area (Å²) in [5.41, 5.74) is 1.34. The van der Waals surface area contributed by atoms with Crippen LogP contribution in [0.1, 0.15) is 11.1 Å². The lowest BCUT2D eigenvalue weighted by Crippen LogP contribution is -1.91. The van der Waals surface area contributed by atoms with Crippen LogP contribution in [0.2, 0.25) is 0 Å². The average molecular weight is 208 g/mol. The van der Waals surface area contributed by atoms with Crippen LogP contribution in [0, 0.1) is 0 Å². The molecule has 0 aliphatic heterocycles. The largest absolute Gasteiger partial charge is 0.496 e. The molecule has 0 saturated heterocycles. The standard InChI is InChI=1S/C11H12O4/c1-15-10-4-2-8(7-12)6-9(10)3-5-11(13)14/h2-6,12H,7H2,1H3,(H,13,14)/b5-3+. The zero-order valence-electron chi connectivity index (χ0n) is 8.30. The van der Waals surface area contributed by atoms with E-state index >= 15 is 0 Å². The number of methoxy groups -OCH3 is 1. The molecule has 0 radical (unpaired) electrons. The van der Waals surface area contributed by atoms with Crippen molar-refractivity contribution in [1.29, 1.82) is 0 Å². The van der Waals surface area contributed by atoms with E-state index < -0.39 is 5.97 Å². The fraction of sp³-hybridized carbons (Fsp3) is 0.182. The molecular formula is C11H12O4. The van der Waals surface area contributed by atoms with Crippen LogP contribution in [-0.2, 0) is 11.4 Å². The average Bonchev–Trinajstić information content (AvgIpc) is 2.25. The van der Waals surface area contributed by atoms with Gasteiger partial charge in [-0.15, -0.1) is 0 Å². The topological polar surface area (TPSA) is 66.8 Å². The molecule has 0 aromatic heterocycles. The van der Waals surface area contributed by atoms with E-state index in [-0.39, 0.29) is 6.61 Å². The first kappa shape index (κ1) is 11.3. The fourth-order valence-electron chi connectivity index (χ4n) is 1.17. The molecule has 0 atom stereocenters. The number of carbonyl (C=O) groups is 1. The molecule has 15 heavy (non-hydrogen) atoms. The van der Waals surface area contributed by atoms with Crippen LogP contribution in [0.15, 0.2) is 24.3 Å². The van der Waals surface area contributed by atoms with E-state index in [1.165, 1.54) is 13.2 Å². The minimum absolute atomic E-state index is 0.0854. The number of aliphatic hydroxyl groups excluding tert-OH is 1. The molecule has 2 N–H and O–H groups in total. The highest BCUT2D eigenvalue weighted by Crippen LogP contribution is 2.21. The lowest BCUT2D eigenvalue weighted by molar-refractivity contribution is -0.131. The minimum atomic E-state index is -1.02. The van der Waals surface area contributed by atoms with Crippen molar-refractivity contribution in [2.75, 3.05) is 7.11 Å². The third-order valence-electron chi connectivity index (χ3n) is 1.88. The first-order chi connectivity index (χ1) is 7.17. The molecular weight excluding hydrogens is 196 g/mol. The molecule has 0 heterocycles. The van der Waals surface area contributed by atoms with Gasteiger partial charge < -0.3 is 14.9 Å². The van der Waals surface area contributed by atoms with Crippen LogP contribution in [0.3, 0.4) is 0 Å². The van der Waals surface area contributed by atoms with E-state index in [0.29, 0.717) is 16.9 Å². The lowest BCUT2D eigenvalue weighted by Gasteiger charge is -2.05. The van der Waals surface area contributed by atoms with Crippen LogP contribution in [0.5, 0.6) is 5.75 Å². The number of ether oxygens (including phenoxy) is 1. The van der Waals surface area contributed by atoms with Crippen molar-refractivity contribution in [2.24, 2.45) is 0 Å². The molecule has 80 valence electrons. The summed E-state index contributed by atoms with van der Waals surface area (Å²) in [6.07, 6.45) is 2.46. The third kappa shape index (κ3) is 3.11. The van der Waals surface area contributed by atoms with Crippen molar-refractivity contribution >= 4 is 12.0 Å². The number of rotatable bonds is 4. The minimum Gasteiger partial charge on any atom is -0.496 e. The summed E-state index contributed by atoms with van der Waals surface area (Å²) in [4.78, 5) is 10.3. The fourth-order valence-corrected chi connectivity index (χ4v) is 1.17. The summed E-state index contributed by atoms with van der Waals surface area (Å²) in [5, 5.41) is 17.4. The first-order valence-corrected chi connectivity index (χ1v) is 4.36. The molecule has 0 spiro atoms. The molecule has 0 unspecified atom stereocenters. The lowest BCUT2D eigenvalue weighted by atomic mass is 10.1. The maximum absolute atomic E-state index is 10.3. The molecule has 0 saturated carbocycles. The summed E-state index contributed by atoms with van der Waals surface area (Å²) in [5.74, 6) is -0.448. The van der Waals surface area contributed by atoms with Crippen molar-refractivity contribution in [3.63, 3.8) is 0 Å². The van der Waals surface area contributed by atoms with Gasteiger partial charge in [-0.3, -0.25) is 0 Å². The van der Waals surface area contributed by atoms with E-state index in [2.05, 4.69) is 0 Å². The summed E-state index contributed by atoms with van der Waals surface area (Å²) in [6.45, 7) is -0.0854. The quantitative estimate of drug-likeness (QED) is 0.731. The summed E-state index contributed by atoms with van der Waals surface area (Å²) < 4.78 is 5.05. The maximum atomic E-state index is 10.3. The van der Waals surface area contributed by atoms with Gasteiger partial charge in [0.05, 0.1) is 13.7 Å². The predicted molar refractivity (Wildman–Crippen MR) is 55.6 cm³/mol. The number of carboxylic acid groups (broad SMARTS) is 1. The Morgan fingerprint density at radius 2 is 2.27 bits per heavy atom. The van der Waals surface area contributed by atoms with Crippen molar-refractivity contribution < 1.29 is 19.7 Å². The van der Waals surface area contributed by atoms with E-state index in [9.17, 15) is 4.79 Å². The monoisotopic (exact) mass is 208 g/mol. The third-order valence-corrected chi connectivity index (χ3v) is 1.88. The summed E-state index contributed by atoms with van der Waals surface area (Å²) in [7, 11) is 1.51. The Bertz CT molecular complexity index is 382. The first-order valence-electron chi connectivity index (χ1n) is 4.36. The number of hydrogen-bond donors (Lipinski definition) is 2.